The van der Waals surface area contributed by atoms with Crippen molar-refractivity contribution in [3.63, 3.8) is 0 Å². The summed E-state index contributed by atoms with van der Waals surface area (Å²) < 4.78 is 1.93. The van der Waals surface area contributed by atoms with Crippen LogP contribution in [0, 0.1) is 16.7 Å². The van der Waals surface area contributed by atoms with Crippen LogP contribution in [0.1, 0.15) is 51.6 Å². The van der Waals surface area contributed by atoms with Crippen molar-refractivity contribution in [1.82, 2.24) is 9.78 Å². The van der Waals surface area contributed by atoms with Gasteiger partial charge in [0.2, 0.25) is 0 Å². The average molecular weight is 234 g/mol. The van der Waals surface area contributed by atoms with Gasteiger partial charge >= 0.3 is 0 Å². The lowest BCUT2D eigenvalue weighted by Crippen LogP contribution is -2.08. The number of nitriles is 1. The highest BCUT2D eigenvalue weighted by Crippen LogP contribution is 2.21. The number of rotatable bonds is 6. The van der Waals surface area contributed by atoms with Gasteiger partial charge in [0.1, 0.15) is 0 Å². The third-order valence-electron chi connectivity index (χ3n) is 2.92. The first-order valence-electron chi connectivity index (χ1n) is 6.14. The standard InChI is InChI=1S/C13H22N4/c1-11(15)12-8-16-17(9-12)7-5-4-6-13(2,3)10-14/h8-9,11H,4-7,15H2,1-3H3/t11-/m0/s1. The lowest BCUT2D eigenvalue weighted by molar-refractivity contribution is 0.411. The Morgan fingerprint density at radius 3 is 2.76 bits per heavy atom. The second-order valence-electron chi connectivity index (χ2n) is 5.28. The molecule has 1 aromatic heterocycles. The summed E-state index contributed by atoms with van der Waals surface area (Å²) >= 11 is 0. The predicted molar refractivity (Wildman–Crippen MR) is 68.1 cm³/mol. The van der Waals surface area contributed by atoms with Gasteiger partial charge < -0.3 is 5.73 Å². The highest BCUT2D eigenvalue weighted by Gasteiger charge is 2.15. The quantitative estimate of drug-likeness (QED) is 0.769. The van der Waals surface area contributed by atoms with E-state index in [1.807, 2.05) is 37.8 Å². The molecule has 0 unspecified atom stereocenters. The first-order chi connectivity index (χ1) is 7.94. The molecule has 1 atom stereocenters. The van der Waals surface area contributed by atoms with E-state index in [9.17, 15) is 0 Å². The smallest absolute Gasteiger partial charge is 0.0683 e. The van der Waals surface area contributed by atoms with Crippen molar-refractivity contribution in [3.8, 4) is 6.07 Å². The zero-order chi connectivity index (χ0) is 12.9. The van der Waals surface area contributed by atoms with Gasteiger partial charge in [-0.15, -0.1) is 0 Å². The number of aryl methyl sites for hydroxylation is 1. The molecule has 17 heavy (non-hydrogen) atoms. The molecule has 4 heteroatoms. The van der Waals surface area contributed by atoms with Crippen LogP contribution in [-0.2, 0) is 6.54 Å². The van der Waals surface area contributed by atoms with E-state index in [0.29, 0.717) is 0 Å². The second kappa shape index (κ2) is 5.83. The first-order valence-corrected chi connectivity index (χ1v) is 6.14. The summed E-state index contributed by atoms with van der Waals surface area (Å²) in [5.41, 5.74) is 6.63. The van der Waals surface area contributed by atoms with Crippen LogP contribution in [0.3, 0.4) is 0 Å². The van der Waals surface area contributed by atoms with Crippen LogP contribution >= 0.6 is 0 Å². The molecule has 0 spiro atoms. The van der Waals surface area contributed by atoms with Gasteiger partial charge in [-0.3, -0.25) is 4.68 Å². The molecular formula is C13H22N4. The van der Waals surface area contributed by atoms with Crippen molar-refractivity contribution in [3.05, 3.63) is 18.0 Å². The molecule has 4 nitrogen and oxygen atoms in total. The lowest BCUT2D eigenvalue weighted by atomic mass is 9.89. The Labute approximate surface area is 103 Å². The Bertz CT molecular complexity index is 384. The van der Waals surface area contributed by atoms with E-state index < -0.39 is 0 Å². The largest absolute Gasteiger partial charge is 0.324 e. The molecule has 0 saturated carbocycles. The summed E-state index contributed by atoms with van der Waals surface area (Å²) in [7, 11) is 0. The summed E-state index contributed by atoms with van der Waals surface area (Å²) in [4.78, 5) is 0. The van der Waals surface area contributed by atoms with E-state index in [4.69, 9.17) is 11.0 Å². The fourth-order valence-electron chi connectivity index (χ4n) is 1.63. The van der Waals surface area contributed by atoms with Gasteiger partial charge in [-0.1, -0.05) is 6.42 Å². The van der Waals surface area contributed by atoms with Gasteiger partial charge in [0.15, 0.2) is 0 Å². The summed E-state index contributed by atoms with van der Waals surface area (Å²) in [6.07, 6.45) is 6.86. The Morgan fingerprint density at radius 1 is 1.53 bits per heavy atom. The number of nitrogens with zero attached hydrogens (tertiary/aromatic N) is 3. The zero-order valence-corrected chi connectivity index (χ0v) is 11.0. The van der Waals surface area contributed by atoms with Crippen LogP contribution in [0.15, 0.2) is 12.4 Å². The van der Waals surface area contributed by atoms with E-state index >= 15 is 0 Å². The van der Waals surface area contributed by atoms with Crippen molar-refractivity contribution < 1.29 is 0 Å². The maximum Gasteiger partial charge on any atom is 0.0683 e. The normalized spacial score (nSPS) is 13.4. The Hall–Kier alpha value is -1.34. The molecule has 1 aromatic rings. The monoisotopic (exact) mass is 234 g/mol. The fraction of sp³-hybridized carbons (Fsp3) is 0.692. The molecule has 0 amide bonds. The minimum Gasteiger partial charge on any atom is -0.324 e. The minimum absolute atomic E-state index is 0.0428. The summed E-state index contributed by atoms with van der Waals surface area (Å²) in [6.45, 7) is 6.81. The fourth-order valence-corrected chi connectivity index (χ4v) is 1.63. The number of aromatic nitrogens is 2. The highest BCUT2D eigenvalue weighted by molar-refractivity contribution is 5.08. The maximum absolute atomic E-state index is 8.89. The van der Waals surface area contributed by atoms with Gasteiger partial charge in [-0.25, -0.2) is 0 Å². The van der Waals surface area contributed by atoms with Gasteiger partial charge in [0, 0.05) is 24.3 Å². The SMILES string of the molecule is C[C@H](N)c1cnn(CCCCC(C)(C)C#N)c1. The summed E-state index contributed by atoms with van der Waals surface area (Å²) in [5.74, 6) is 0. The molecule has 0 aliphatic heterocycles. The maximum atomic E-state index is 8.89. The van der Waals surface area contributed by atoms with Crippen LogP contribution in [-0.4, -0.2) is 9.78 Å². The molecule has 1 heterocycles. The lowest BCUT2D eigenvalue weighted by Gasteiger charge is -2.14. The molecule has 0 radical (unpaired) electrons. The highest BCUT2D eigenvalue weighted by atomic mass is 15.3. The van der Waals surface area contributed by atoms with Crippen LogP contribution in [0.4, 0.5) is 0 Å². The summed E-state index contributed by atoms with van der Waals surface area (Å²) in [6, 6.07) is 2.36. The van der Waals surface area contributed by atoms with Gasteiger partial charge in [-0.2, -0.15) is 10.4 Å². The number of hydrogen-bond donors (Lipinski definition) is 1. The van der Waals surface area contributed by atoms with Crippen molar-refractivity contribution in [2.24, 2.45) is 11.1 Å². The van der Waals surface area contributed by atoms with Crippen molar-refractivity contribution in [2.75, 3.05) is 0 Å². The second-order valence-corrected chi connectivity index (χ2v) is 5.28. The molecule has 0 saturated heterocycles. The number of unbranched alkanes of at least 4 members (excludes halogenated alkanes) is 1. The van der Waals surface area contributed by atoms with E-state index in [-0.39, 0.29) is 11.5 Å². The molecule has 0 fully saturated rings. The molecule has 0 bridgehead atoms. The topological polar surface area (TPSA) is 67.6 Å². The van der Waals surface area contributed by atoms with Crippen molar-refractivity contribution in [1.29, 1.82) is 5.26 Å². The van der Waals surface area contributed by atoms with Crippen LogP contribution < -0.4 is 5.73 Å². The van der Waals surface area contributed by atoms with Crippen molar-refractivity contribution >= 4 is 0 Å². The Kier molecular flexibility index (Phi) is 4.71. The average Bonchev–Trinajstić information content (AvgIpc) is 2.73. The van der Waals surface area contributed by atoms with E-state index in [2.05, 4.69) is 11.2 Å². The molecule has 2 N–H and O–H groups in total. The van der Waals surface area contributed by atoms with Crippen LogP contribution in [0.25, 0.3) is 0 Å². The number of hydrogen-bond acceptors (Lipinski definition) is 3. The third-order valence-corrected chi connectivity index (χ3v) is 2.92. The molecule has 0 aliphatic carbocycles. The van der Waals surface area contributed by atoms with E-state index in [1.165, 1.54) is 0 Å². The minimum atomic E-state index is -0.207. The first kappa shape index (κ1) is 13.7. The van der Waals surface area contributed by atoms with E-state index in [0.717, 1.165) is 31.4 Å². The van der Waals surface area contributed by atoms with Gasteiger partial charge in [-0.05, 0) is 33.6 Å². The summed E-state index contributed by atoms with van der Waals surface area (Å²) in [5, 5.41) is 13.2. The Morgan fingerprint density at radius 2 is 2.24 bits per heavy atom. The third kappa shape index (κ3) is 4.58. The molecule has 0 aromatic carbocycles. The predicted octanol–water partition coefficient (Wildman–Crippen LogP) is 2.62. The molecule has 1 rings (SSSR count). The van der Waals surface area contributed by atoms with Gasteiger partial charge in [0.25, 0.3) is 0 Å². The van der Waals surface area contributed by atoms with Crippen molar-refractivity contribution in [2.45, 2.75) is 52.6 Å². The molecular weight excluding hydrogens is 212 g/mol. The van der Waals surface area contributed by atoms with Gasteiger partial charge in [0.05, 0.1) is 17.7 Å². The van der Waals surface area contributed by atoms with E-state index in [1.54, 1.807) is 0 Å². The molecule has 94 valence electrons. The Balaban J connectivity index is 2.29. The zero-order valence-electron chi connectivity index (χ0n) is 11.0. The molecule has 0 aliphatic rings. The number of nitrogens with two attached hydrogens (primary N) is 1. The van der Waals surface area contributed by atoms with Crippen LogP contribution in [0.2, 0.25) is 0 Å². The van der Waals surface area contributed by atoms with Crippen LogP contribution in [0.5, 0.6) is 0 Å².